The number of aromatic amines is 1. The summed E-state index contributed by atoms with van der Waals surface area (Å²) < 4.78 is 0. The first-order chi connectivity index (χ1) is 6.18. The van der Waals surface area contributed by atoms with Gasteiger partial charge in [0.25, 0.3) is 0 Å². The van der Waals surface area contributed by atoms with Crippen molar-refractivity contribution >= 4 is 29.1 Å². The van der Waals surface area contributed by atoms with Crippen LogP contribution in [0.25, 0.3) is 11.0 Å². The number of fused-ring (bicyclic) bond motifs is 1. The molecular weight excluding hydrogens is 200 g/mol. The third kappa shape index (κ3) is 1.65. The Labute approximate surface area is 88.3 Å². The molecule has 0 spiro atoms. The Morgan fingerprint density at radius 3 is 2.79 bits per heavy atom. The molecule has 0 radical (unpaired) electrons. The lowest BCUT2D eigenvalue weighted by molar-refractivity contribution is 0.817. The summed E-state index contributed by atoms with van der Waals surface area (Å²) in [5.74, 6) is 0.411. The van der Waals surface area contributed by atoms with Gasteiger partial charge in [-0.05, 0) is 12.0 Å². The Bertz CT molecular complexity index is 435. The maximum Gasteiger partial charge on any atom is 0.181 e. The molecule has 0 fully saturated rings. The smallest absolute Gasteiger partial charge is 0.181 e. The zero-order valence-electron chi connectivity index (χ0n) is 8.11. The van der Waals surface area contributed by atoms with Crippen molar-refractivity contribution in [3.63, 3.8) is 0 Å². The van der Waals surface area contributed by atoms with Gasteiger partial charge in [-0.25, -0.2) is 4.98 Å². The summed E-state index contributed by atoms with van der Waals surface area (Å²) in [6, 6.07) is 1.90. The molecule has 2 rings (SSSR count). The number of halogens is 1. The molecule has 4 nitrogen and oxygen atoms in total. The van der Waals surface area contributed by atoms with Gasteiger partial charge in [-0.3, -0.25) is 5.10 Å². The molecule has 2 heterocycles. The summed E-state index contributed by atoms with van der Waals surface area (Å²) in [6.07, 6.45) is 1.62. The van der Waals surface area contributed by atoms with Crippen LogP contribution in [0, 0.1) is 0 Å². The minimum Gasteiger partial charge on any atom is -0.397 e. The van der Waals surface area contributed by atoms with E-state index >= 15 is 0 Å². The molecule has 0 bridgehead atoms. The fourth-order valence-electron chi connectivity index (χ4n) is 1.37. The predicted molar refractivity (Wildman–Crippen MR) is 59.6 cm³/mol. The zero-order chi connectivity index (χ0) is 9.42. The standard InChI is InChI=1S/C9H12N4.ClH/c1-5(2)8-7-3-6(10)4-11-9(7)13-12-8;/h3-5H,10H2,1-2H3,(H,11,12,13);1H. The minimum absolute atomic E-state index is 0. The quantitative estimate of drug-likeness (QED) is 0.761. The molecular formula is C9H13ClN4. The highest BCUT2D eigenvalue weighted by Gasteiger charge is 2.09. The SMILES string of the molecule is CC(C)c1[nH]nc2ncc(N)cc12.Cl. The van der Waals surface area contributed by atoms with E-state index in [4.69, 9.17) is 5.73 Å². The maximum atomic E-state index is 5.65. The number of aromatic nitrogens is 3. The Hall–Kier alpha value is -1.29. The van der Waals surface area contributed by atoms with Gasteiger partial charge < -0.3 is 5.73 Å². The van der Waals surface area contributed by atoms with Crippen molar-refractivity contribution in [2.24, 2.45) is 0 Å². The van der Waals surface area contributed by atoms with Gasteiger partial charge in [0.15, 0.2) is 5.65 Å². The second-order valence-electron chi connectivity index (χ2n) is 3.43. The molecule has 0 saturated carbocycles. The van der Waals surface area contributed by atoms with E-state index < -0.39 is 0 Å². The number of rotatable bonds is 1. The number of hydrogen-bond donors (Lipinski definition) is 2. The fourth-order valence-corrected chi connectivity index (χ4v) is 1.37. The van der Waals surface area contributed by atoms with Crippen molar-refractivity contribution in [3.8, 4) is 0 Å². The lowest BCUT2D eigenvalue weighted by Crippen LogP contribution is -1.89. The molecule has 0 unspecified atom stereocenters. The van der Waals surface area contributed by atoms with Crippen molar-refractivity contribution in [3.05, 3.63) is 18.0 Å². The molecule has 0 aliphatic heterocycles. The van der Waals surface area contributed by atoms with E-state index in [1.165, 1.54) is 0 Å². The van der Waals surface area contributed by atoms with Gasteiger partial charge in [0.2, 0.25) is 0 Å². The van der Waals surface area contributed by atoms with Crippen molar-refractivity contribution in [2.75, 3.05) is 5.73 Å². The molecule has 0 amide bonds. The topological polar surface area (TPSA) is 67.6 Å². The van der Waals surface area contributed by atoms with Crippen LogP contribution in [0.5, 0.6) is 0 Å². The largest absolute Gasteiger partial charge is 0.397 e. The average molecular weight is 213 g/mol. The molecule has 0 saturated heterocycles. The van der Waals surface area contributed by atoms with Crippen LogP contribution in [0.15, 0.2) is 12.3 Å². The molecule has 0 atom stereocenters. The molecule has 2 aromatic rings. The molecule has 0 aromatic carbocycles. The van der Waals surface area contributed by atoms with E-state index in [2.05, 4.69) is 29.0 Å². The molecule has 14 heavy (non-hydrogen) atoms. The van der Waals surface area contributed by atoms with Crippen LogP contribution >= 0.6 is 12.4 Å². The summed E-state index contributed by atoms with van der Waals surface area (Å²) in [5, 5.41) is 8.08. The van der Waals surface area contributed by atoms with Crippen LogP contribution < -0.4 is 5.73 Å². The van der Waals surface area contributed by atoms with Gasteiger partial charge in [0.1, 0.15) is 0 Å². The second kappa shape index (κ2) is 3.84. The van der Waals surface area contributed by atoms with Crippen molar-refractivity contribution < 1.29 is 0 Å². The van der Waals surface area contributed by atoms with Gasteiger partial charge in [-0.1, -0.05) is 13.8 Å². The van der Waals surface area contributed by atoms with Gasteiger partial charge in [-0.2, -0.15) is 5.10 Å². The lowest BCUT2D eigenvalue weighted by atomic mass is 10.1. The van der Waals surface area contributed by atoms with Gasteiger partial charge >= 0.3 is 0 Å². The van der Waals surface area contributed by atoms with Crippen molar-refractivity contribution in [1.29, 1.82) is 0 Å². The predicted octanol–water partition coefficient (Wildman–Crippen LogP) is 2.09. The number of nitrogens with one attached hydrogen (secondary N) is 1. The number of pyridine rings is 1. The summed E-state index contributed by atoms with van der Waals surface area (Å²) >= 11 is 0. The molecule has 0 aliphatic carbocycles. The van der Waals surface area contributed by atoms with E-state index in [0.717, 1.165) is 16.7 Å². The fraction of sp³-hybridized carbons (Fsp3) is 0.333. The van der Waals surface area contributed by atoms with Crippen LogP contribution in [0.1, 0.15) is 25.5 Å². The summed E-state index contributed by atoms with van der Waals surface area (Å²) in [5.41, 5.74) is 8.15. The molecule has 2 aromatic heterocycles. The average Bonchev–Trinajstić information content (AvgIpc) is 2.46. The number of nitrogens with zero attached hydrogens (tertiary/aromatic N) is 2. The molecule has 76 valence electrons. The van der Waals surface area contributed by atoms with Gasteiger partial charge in [-0.15, -0.1) is 12.4 Å². The van der Waals surface area contributed by atoms with E-state index in [9.17, 15) is 0 Å². The van der Waals surface area contributed by atoms with Crippen LogP contribution in [-0.2, 0) is 0 Å². The number of anilines is 1. The first-order valence-electron chi connectivity index (χ1n) is 4.28. The normalized spacial score (nSPS) is 10.5. The third-order valence-corrected chi connectivity index (χ3v) is 2.04. The molecule has 0 aliphatic rings. The van der Waals surface area contributed by atoms with E-state index in [0.29, 0.717) is 11.6 Å². The van der Waals surface area contributed by atoms with Gasteiger partial charge in [0, 0.05) is 11.1 Å². The first-order valence-corrected chi connectivity index (χ1v) is 4.28. The molecule has 3 N–H and O–H groups in total. The minimum atomic E-state index is 0. The van der Waals surface area contributed by atoms with E-state index in [-0.39, 0.29) is 12.4 Å². The van der Waals surface area contributed by atoms with E-state index in [1.54, 1.807) is 6.20 Å². The van der Waals surface area contributed by atoms with Crippen LogP contribution in [-0.4, -0.2) is 15.2 Å². The third-order valence-electron chi connectivity index (χ3n) is 2.04. The van der Waals surface area contributed by atoms with Crippen molar-refractivity contribution in [1.82, 2.24) is 15.2 Å². The second-order valence-corrected chi connectivity index (χ2v) is 3.43. The summed E-state index contributed by atoms with van der Waals surface area (Å²) in [7, 11) is 0. The summed E-state index contributed by atoms with van der Waals surface area (Å²) in [4.78, 5) is 4.12. The molecule has 5 heteroatoms. The highest BCUT2D eigenvalue weighted by Crippen LogP contribution is 2.22. The zero-order valence-corrected chi connectivity index (χ0v) is 8.93. The first kappa shape index (κ1) is 10.8. The monoisotopic (exact) mass is 212 g/mol. The Morgan fingerprint density at radius 2 is 2.14 bits per heavy atom. The highest BCUT2D eigenvalue weighted by atomic mass is 35.5. The van der Waals surface area contributed by atoms with Crippen LogP contribution in [0.4, 0.5) is 5.69 Å². The number of nitrogens with two attached hydrogens (primary N) is 1. The number of hydrogen-bond acceptors (Lipinski definition) is 3. The Morgan fingerprint density at radius 1 is 1.43 bits per heavy atom. The number of nitrogen functional groups attached to an aromatic ring is 1. The van der Waals surface area contributed by atoms with Crippen LogP contribution in [0.3, 0.4) is 0 Å². The maximum absolute atomic E-state index is 5.65. The van der Waals surface area contributed by atoms with Gasteiger partial charge in [0.05, 0.1) is 11.9 Å². The Balaban J connectivity index is 0.000000980. The van der Waals surface area contributed by atoms with Crippen molar-refractivity contribution in [2.45, 2.75) is 19.8 Å². The Kier molecular flexibility index (Phi) is 2.96. The lowest BCUT2D eigenvalue weighted by Gasteiger charge is -2.00. The van der Waals surface area contributed by atoms with E-state index in [1.807, 2.05) is 6.07 Å². The van der Waals surface area contributed by atoms with Crippen LogP contribution in [0.2, 0.25) is 0 Å². The summed E-state index contributed by atoms with van der Waals surface area (Å²) in [6.45, 7) is 4.21. The highest BCUT2D eigenvalue weighted by molar-refractivity contribution is 5.85. The number of H-pyrrole nitrogens is 1.